The molecule has 0 aromatic rings. The van der Waals surface area contributed by atoms with Crippen molar-refractivity contribution in [3.05, 3.63) is 0 Å². The second kappa shape index (κ2) is 6.79. The fourth-order valence-electron chi connectivity index (χ4n) is 1.44. The van der Waals surface area contributed by atoms with Crippen LogP contribution in [0.2, 0.25) is 0 Å². The molecule has 0 aromatic carbocycles. The lowest BCUT2D eigenvalue weighted by molar-refractivity contribution is 0.0504. The van der Waals surface area contributed by atoms with Crippen LogP contribution in [0.15, 0.2) is 0 Å². The van der Waals surface area contributed by atoms with Gasteiger partial charge in [-0.05, 0) is 39.0 Å². The molecule has 5 nitrogen and oxygen atoms in total. The molecule has 0 atom stereocenters. The van der Waals surface area contributed by atoms with Gasteiger partial charge < -0.3 is 10.1 Å². The summed E-state index contributed by atoms with van der Waals surface area (Å²) in [4.78, 5) is 11.5. The van der Waals surface area contributed by atoms with Crippen LogP contribution in [0, 0.1) is 5.41 Å². The van der Waals surface area contributed by atoms with Crippen LogP contribution in [0.5, 0.6) is 0 Å². The van der Waals surface area contributed by atoms with Gasteiger partial charge >= 0.3 is 6.09 Å². The molecule has 0 rings (SSSR count). The van der Waals surface area contributed by atoms with Crippen molar-refractivity contribution in [2.45, 2.75) is 53.1 Å². The second-order valence-electron chi connectivity index (χ2n) is 6.37. The molecule has 1 amide bonds. The predicted octanol–water partition coefficient (Wildman–Crippen LogP) is 2.89. The molecule has 114 valence electrons. The third-order valence-electron chi connectivity index (χ3n) is 2.35. The number of carbonyl (C=O) groups is 1. The summed E-state index contributed by atoms with van der Waals surface area (Å²) in [5.74, 6) is -0.0512. The summed E-state index contributed by atoms with van der Waals surface area (Å²) in [5.41, 5.74) is -0.737. The van der Waals surface area contributed by atoms with Crippen molar-refractivity contribution < 1.29 is 17.9 Å². The van der Waals surface area contributed by atoms with Crippen LogP contribution < -0.4 is 5.32 Å². The number of alkyl carbamates (subject to hydrolysis) is 1. The Hall–Kier alpha value is -0.490. The summed E-state index contributed by atoms with van der Waals surface area (Å²) in [5, 5.41) is 2.68. The van der Waals surface area contributed by atoms with E-state index in [1.807, 2.05) is 13.8 Å². The van der Waals surface area contributed by atoms with Gasteiger partial charge in [0.15, 0.2) is 0 Å². The first-order valence-electron chi connectivity index (χ1n) is 6.20. The Morgan fingerprint density at radius 2 is 1.74 bits per heavy atom. The molecule has 0 fully saturated rings. The smallest absolute Gasteiger partial charge is 0.407 e. The average Bonchev–Trinajstić information content (AvgIpc) is 2.09. The van der Waals surface area contributed by atoms with Gasteiger partial charge in [-0.1, -0.05) is 13.8 Å². The quantitative estimate of drug-likeness (QED) is 0.765. The monoisotopic (exact) mass is 313 g/mol. The highest BCUT2D eigenvalue weighted by Crippen LogP contribution is 2.22. The highest BCUT2D eigenvalue weighted by atomic mass is 35.7. The van der Waals surface area contributed by atoms with Crippen molar-refractivity contribution in [1.29, 1.82) is 0 Å². The minimum Gasteiger partial charge on any atom is -0.444 e. The topological polar surface area (TPSA) is 72.5 Å². The van der Waals surface area contributed by atoms with E-state index in [4.69, 9.17) is 15.4 Å². The molecule has 0 bridgehead atoms. The molecule has 0 spiro atoms. The molecular formula is C12H24ClNO4S. The normalized spacial score (nSPS) is 13.2. The lowest BCUT2D eigenvalue weighted by atomic mass is 9.88. The van der Waals surface area contributed by atoms with Gasteiger partial charge in [-0.2, -0.15) is 0 Å². The van der Waals surface area contributed by atoms with E-state index in [0.29, 0.717) is 19.4 Å². The summed E-state index contributed by atoms with van der Waals surface area (Å²) in [6, 6.07) is 0. The summed E-state index contributed by atoms with van der Waals surface area (Å²) in [6.07, 6.45) is 0.648. The molecule has 0 aliphatic rings. The third-order valence-corrected chi connectivity index (χ3v) is 3.59. The second-order valence-corrected chi connectivity index (χ2v) is 9.26. The molecule has 0 heterocycles. The van der Waals surface area contributed by atoms with Gasteiger partial charge in [-0.3, -0.25) is 0 Å². The van der Waals surface area contributed by atoms with Crippen LogP contribution >= 0.6 is 10.7 Å². The van der Waals surface area contributed by atoms with Gasteiger partial charge in [-0.25, -0.2) is 13.2 Å². The Bertz CT molecular complexity index is 398. The number of halogens is 1. The standard InChI is InChI=1S/C12H24ClNO4S/c1-11(2,3)18-10(15)14-9-12(4,5)7-6-8-19(13,16)17/h6-9H2,1-5H3,(H,14,15). The minimum absolute atomic E-state index is 0.0512. The molecule has 0 saturated carbocycles. The van der Waals surface area contributed by atoms with Crippen LogP contribution in [-0.4, -0.2) is 32.4 Å². The highest BCUT2D eigenvalue weighted by Gasteiger charge is 2.22. The third kappa shape index (κ3) is 12.3. The fraction of sp³-hybridized carbons (Fsp3) is 0.917. The summed E-state index contributed by atoms with van der Waals surface area (Å²) in [7, 11) is 1.70. The molecule has 0 radical (unpaired) electrons. The van der Waals surface area contributed by atoms with Crippen molar-refractivity contribution in [2.75, 3.05) is 12.3 Å². The summed E-state index contributed by atoms with van der Waals surface area (Å²) >= 11 is 0. The number of hydrogen-bond donors (Lipinski definition) is 1. The molecular weight excluding hydrogens is 290 g/mol. The molecule has 0 aliphatic carbocycles. The first-order valence-corrected chi connectivity index (χ1v) is 8.68. The number of amides is 1. The average molecular weight is 314 g/mol. The van der Waals surface area contributed by atoms with E-state index < -0.39 is 20.7 Å². The maximum absolute atomic E-state index is 11.5. The Balaban J connectivity index is 4.06. The molecule has 0 saturated heterocycles. The van der Waals surface area contributed by atoms with E-state index in [2.05, 4.69) is 5.32 Å². The van der Waals surface area contributed by atoms with Crippen LogP contribution in [0.25, 0.3) is 0 Å². The van der Waals surface area contributed by atoms with Gasteiger partial charge in [0.05, 0.1) is 5.75 Å². The maximum atomic E-state index is 11.5. The molecule has 7 heteroatoms. The zero-order valence-corrected chi connectivity index (χ0v) is 13.8. The lowest BCUT2D eigenvalue weighted by Crippen LogP contribution is -2.38. The summed E-state index contributed by atoms with van der Waals surface area (Å²) < 4.78 is 26.8. The van der Waals surface area contributed by atoms with Gasteiger partial charge in [0.2, 0.25) is 9.05 Å². The Morgan fingerprint density at radius 1 is 1.21 bits per heavy atom. The molecule has 0 aliphatic heterocycles. The predicted molar refractivity (Wildman–Crippen MR) is 76.9 cm³/mol. The number of nitrogens with one attached hydrogen (secondary N) is 1. The zero-order valence-electron chi connectivity index (χ0n) is 12.2. The van der Waals surface area contributed by atoms with E-state index in [1.54, 1.807) is 20.8 Å². The lowest BCUT2D eigenvalue weighted by Gasteiger charge is -2.26. The summed E-state index contributed by atoms with van der Waals surface area (Å²) in [6.45, 7) is 9.70. The fourth-order valence-corrected chi connectivity index (χ4v) is 2.25. The number of rotatable bonds is 6. The Labute approximate surface area is 120 Å². The largest absolute Gasteiger partial charge is 0.444 e. The Morgan fingerprint density at radius 3 is 2.16 bits per heavy atom. The van der Waals surface area contributed by atoms with Crippen LogP contribution in [0.3, 0.4) is 0 Å². The zero-order chi connectivity index (χ0) is 15.3. The van der Waals surface area contributed by atoms with Crippen LogP contribution in [-0.2, 0) is 13.8 Å². The van der Waals surface area contributed by atoms with Crippen molar-refractivity contribution in [2.24, 2.45) is 5.41 Å². The Kier molecular flexibility index (Phi) is 6.62. The number of carbonyl (C=O) groups excluding carboxylic acids is 1. The number of ether oxygens (including phenoxy) is 1. The van der Waals surface area contributed by atoms with E-state index in [0.717, 1.165) is 0 Å². The van der Waals surface area contributed by atoms with Crippen LogP contribution in [0.4, 0.5) is 4.79 Å². The first-order chi connectivity index (χ1) is 8.31. The van der Waals surface area contributed by atoms with E-state index in [-0.39, 0.29) is 11.2 Å². The van der Waals surface area contributed by atoms with Gasteiger partial charge in [0, 0.05) is 17.2 Å². The van der Waals surface area contributed by atoms with Gasteiger partial charge in [-0.15, -0.1) is 0 Å². The highest BCUT2D eigenvalue weighted by molar-refractivity contribution is 8.13. The molecule has 1 N–H and O–H groups in total. The van der Waals surface area contributed by atoms with E-state index in [1.165, 1.54) is 0 Å². The first kappa shape index (κ1) is 18.5. The molecule has 0 aromatic heterocycles. The maximum Gasteiger partial charge on any atom is 0.407 e. The van der Waals surface area contributed by atoms with Crippen molar-refractivity contribution in [3.63, 3.8) is 0 Å². The van der Waals surface area contributed by atoms with Crippen molar-refractivity contribution in [1.82, 2.24) is 5.32 Å². The van der Waals surface area contributed by atoms with Crippen molar-refractivity contribution >= 4 is 25.8 Å². The van der Waals surface area contributed by atoms with Crippen LogP contribution in [0.1, 0.15) is 47.5 Å². The van der Waals surface area contributed by atoms with E-state index in [9.17, 15) is 13.2 Å². The SMILES string of the molecule is CC(C)(CCCS(=O)(=O)Cl)CNC(=O)OC(C)(C)C. The van der Waals surface area contributed by atoms with Crippen molar-refractivity contribution in [3.8, 4) is 0 Å². The van der Waals surface area contributed by atoms with E-state index >= 15 is 0 Å². The van der Waals surface area contributed by atoms with Gasteiger partial charge in [0.25, 0.3) is 0 Å². The molecule has 0 unspecified atom stereocenters. The minimum atomic E-state index is -3.44. The molecule has 19 heavy (non-hydrogen) atoms. The van der Waals surface area contributed by atoms with Gasteiger partial charge in [0.1, 0.15) is 5.60 Å². The number of hydrogen-bond acceptors (Lipinski definition) is 4.